The van der Waals surface area contributed by atoms with Crippen LogP contribution in [0.3, 0.4) is 0 Å². The fraction of sp³-hybridized carbons (Fsp3) is 0.348. The van der Waals surface area contributed by atoms with Crippen molar-refractivity contribution in [3.05, 3.63) is 58.9 Å². The summed E-state index contributed by atoms with van der Waals surface area (Å²) in [4.78, 5) is 9.50. The number of nitrogens with zero attached hydrogens (tertiary/aromatic N) is 3. The third kappa shape index (κ3) is 4.11. The molecule has 0 saturated carbocycles. The number of oxazole rings is 1. The van der Waals surface area contributed by atoms with E-state index in [-0.39, 0.29) is 0 Å². The summed E-state index contributed by atoms with van der Waals surface area (Å²) < 4.78 is 16.9. The highest BCUT2D eigenvalue weighted by molar-refractivity contribution is 6.33. The Hall–Kier alpha value is -2.70. The molecule has 0 N–H and O–H groups in total. The van der Waals surface area contributed by atoms with E-state index in [1.165, 1.54) is 0 Å². The molecule has 4 rings (SSSR count). The lowest BCUT2D eigenvalue weighted by molar-refractivity contribution is 0.246. The van der Waals surface area contributed by atoms with E-state index >= 15 is 0 Å². The third-order valence-corrected chi connectivity index (χ3v) is 5.78. The maximum absolute atomic E-state index is 6.35. The van der Waals surface area contributed by atoms with Crippen LogP contribution in [0.25, 0.3) is 11.5 Å². The Bertz CT molecular complexity index is 1010. The van der Waals surface area contributed by atoms with E-state index in [0.29, 0.717) is 17.4 Å². The molecule has 1 aromatic heterocycles. The van der Waals surface area contributed by atoms with Crippen LogP contribution in [0.4, 0.5) is 5.69 Å². The molecule has 0 atom stereocenters. The van der Waals surface area contributed by atoms with Gasteiger partial charge >= 0.3 is 0 Å². The van der Waals surface area contributed by atoms with Crippen molar-refractivity contribution in [2.24, 2.45) is 0 Å². The Morgan fingerprint density at radius 1 is 1.00 bits per heavy atom. The Labute approximate surface area is 182 Å². The van der Waals surface area contributed by atoms with Gasteiger partial charge in [-0.05, 0) is 31.2 Å². The smallest absolute Gasteiger partial charge is 0.230 e. The van der Waals surface area contributed by atoms with Crippen LogP contribution in [0.1, 0.15) is 11.5 Å². The molecule has 158 valence electrons. The van der Waals surface area contributed by atoms with Gasteiger partial charge in [-0.25, -0.2) is 4.98 Å². The van der Waals surface area contributed by atoms with Gasteiger partial charge < -0.3 is 18.8 Å². The van der Waals surface area contributed by atoms with Crippen LogP contribution in [0.5, 0.6) is 11.5 Å². The van der Waals surface area contributed by atoms with Gasteiger partial charge in [0.2, 0.25) is 5.89 Å². The number of hydrogen-bond acceptors (Lipinski definition) is 6. The molecule has 0 spiro atoms. The van der Waals surface area contributed by atoms with E-state index in [0.717, 1.165) is 60.5 Å². The molecule has 1 saturated heterocycles. The molecular weight excluding hydrogens is 402 g/mol. The summed E-state index contributed by atoms with van der Waals surface area (Å²) in [6.07, 6.45) is 0. The normalized spacial score (nSPS) is 14.7. The number of rotatable bonds is 6. The average Bonchev–Trinajstić information content (AvgIpc) is 3.14. The molecule has 1 fully saturated rings. The maximum atomic E-state index is 6.35. The van der Waals surface area contributed by atoms with Crippen molar-refractivity contribution in [2.45, 2.75) is 13.5 Å². The molecular formula is C23H26ClN3O3. The van der Waals surface area contributed by atoms with Gasteiger partial charge in [0.15, 0.2) is 11.5 Å². The minimum atomic E-state index is 0.549. The molecule has 0 bridgehead atoms. The Morgan fingerprint density at radius 2 is 1.77 bits per heavy atom. The van der Waals surface area contributed by atoms with E-state index < -0.39 is 0 Å². The highest BCUT2D eigenvalue weighted by atomic mass is 35.5. The predicted octanol–water partition coefficient (Wildman–Crippen LogP) is 4.64. The lowest BCUT2D eigenvalue weighted by atomic mass is 10.2. The van der Waals surface area contributed by atoms with Crippen LogP contribution in [-0.2, 0) is 6.54 Å². The van der Waals surface area contributed by atoms with Crippen molar-refractivity contribution in [2.75, 3.05) is 45.3 Å². The average molecular weight is 428 g/mol. The van der Waals surface area contributed by atoms with Crippen molar-refractivity contribution in [3.8, 4) is 23.0 Å². The second kappa shape index (κ2) is 8.98. The van der Waals surface area contributed by atoms with Crippen molar-refractivity contribution >= 4 is 17.3 Å². The lowest BCUT2D eigenvalue weighted by Crippen LogP contribution is -2.46. The molecule has 30 heavy (non-hydrogen) atoms. The molecule has 6 nitrogen and oxygen atoms in total. The SMILES string of the molecule is COc1cccc(-c2nc(CN3CCN(c4ccccc4Cl)CC3)c(C)o2)c1OC. The van der Waals surface area contributed by atoms with E-state index in [2.05, 4.69) is 15.9 Å². The van der Waals surface area contributed by atoms with Crippen LogP contribution >= 0.6 is 11.6 Å². The molecule has 0 unspecified atom stereocenters. The topological polar surface area (TPSA) is 51.0 Å². The fourth-order valence-electron chi connectivity index (χ4n) is 3.81. The lowest BCUT2D eigenvalue weighted by Gasteiger charge is -2.36. The Morgan fingerprint density at radius 3 is 2.47 bits per heavy atom. The van der Waals surface area contributed by atoms with Gasteiger partial charge in [0.05, 0.1) is 36.2 Å². The van der Waals surface area contributed by atoms with Gasteiger partial charge in [0, 0.05) is 32.7 Å². The van der Waals surface area contributed by atoms with Crippen molar-refractivity contribution in [1.29, 1.82) is 0 Å². The van der Waals surface area contributed by atoms with Crippen molar-refractivity contribution in [3.63, 3.8) is 0 Å². The van der Waals surface area contributed by atoms with Crippen LogP contribution in [0.2, 0.25) is 5.02 Å². The molecule has 1 aliphatic heterocycles. The van der Waals surface area contributed by atoms with Gasteiger partial charge in [0.25, 0.3) is 0 Å². The first-order valence-electron chi connectivity index (χ1n) is 10.00. The number of aryl methyl sites for hydroxylation is 1. The van der Waals surface area contributed by atoms with Crippen LogP contribution < -0.4 is 14.4 Å². The highest BCUT2D eigenvalue weighted by Gasteiger charge is 2.22. The molecule has 1 aliphatic rings. The van der Waals surface area contributed by atoms with E-state index in [1.807, 2.05) is 43.3 Å². The highest BCUT2D eigenvalue weighted by Crippen LogP contribution is 2.38. The minimum absolute atomic E-state index is 0.549. The quantitative estimate of drug-likeness (QED) is 0.571. The number of hydrogen-bond donors (Lipinski definition) is 0. The van der Waals surface area contributed by atoms with Gasteiger partial charge in [-0.1, -0.05) is 29.8 Å². The zero-order valence-electron chi connectivity index (χ0n) is 17.5. The predicted molar refractivity (Wildman–Crippen MR) is 119 cm³/mol. The molecule has 2 aromatic carbocycles. The zero-order valence-corrected chi connectivity index (χ0v) is 18.3. The fourth-order valence-corrected chi connectivity index (χ4v) is 4.07. The zero-order chi connectivity index (χ0) is 21.1. The number of anilines is 1. The molecule has 7 heteroatoms. The Balaban J connectivity index is 1.46. The number of halogens is 1. The van der Waals surface area contributed by atoms with E-state index in [1.54, 1.807) is 14.2 Å². The first-order chi connectivity index (χ1) is 14.6. The number of piperazine rings is 1. The first kappa shape index (κ1) is 20.6. The monoisotopic (exact) mass is 427 g/mol. The minimum Gasteiger partial charge on any atom is -0.493 e. The second-order valence-corrected chi connectivity index (χ2v) is 7.68. The summed E-state index contributed by atoms with van der Waals surface area (Å²) in [5.74, 6) is 2.65. The maximum Gasteiger partial charge on any atom is 0.230 e. The summed E-state index contributed by atoms with van der Waals surface area (Å²) in [5.41, 5.74) is 2.83. The van der Waals surface area contributed by atoms with E-state index in [4.69, 9.17) is 30.5 Å². The van der Waals surface area contributed by atoms with Gasteiger partial charge in [0.1, 0.15) is 5.76 Å². The number of methoxy groups -OCH3 is 2. The number of benzene rings is 2. The van der Waals surface area contributed by atoms with Crippen molar-refractivity contribution in [1.82, 2.24) is 9.88 Å². The van der Waals surface area contributed by atoms with Gasteiger partial charge in [-0.15, -0.1) is 0 Å². The number of aromatic nitrogens is 1. The van der Waals surface area contributed by atoms with Gasteiger partial charge in [-0.2, -0.15) is 0 Å². The third-order valence-electron chi connectivity index (χ3n) is 5.46. The van der Waals surface area contributed by atoms with Crippen LogP contribution in [0, 0.1) is 6.92 Å². The molecule has 3 aromatic rings. The van der Waals surface area contributed by atoms with Crippen LogP contribution in [-0.4, -0.2) is 50.3 Å². The summed E-state index contributed by atoms with van der Waals surface area (Å²) in [5, 5.41) is 0.801. The largest absolute Gasteiger partial charge is 0.493 e. The molecule has 0 amide bonds. The molecule has 2 heterocycles. The molecule has 0 radical (unpaired) electrons. The van der Waals surface area contributed by atoms with E-state index in [9.17, 15) is 0 Å². The standard InChI is InChI=1S/C23H26ClN3O3/c1-16-19(25-23(30-16)17-7-6-10-21(28-2)22(17)29-3)15-26-11-13-27(14-12-26)20-9-5-4-8-18(20)24/h4-10H,11-15H2,1-3H3. The second-order valence-electron chi connectivity index (χ2n) is 7.28. The van der Waals surface area contributed by atoms with Gasteiger partial charge in [-0.3, -0.25) is 4.90 Å². The molecule has 0 aliphatic carbocycles. The number of ether oxygens (including phenoxy) is 2. The summed E-state index contributed by atoms with van der Waals surface area (Å²) in [7, 11) is 3.24. The summed E-state index contributed by atoms with van der Waals surface area (Å²) >= 11 is 6.35. The summed E-state index contributed by atoms with van der Waals surface area (Å²) in [6.45, 7) is 6.44. The first-order valence-corrected chi connectivity index (χ1v) is 10.4. The Kier molecular flexibility index (Phi) is 6.16. The van der Waals surface area contributed by atoms with Crippen molar-refractivity contribution < 1.29 is 13.9 Å². The summed E-state index contributed by atoms with van der Waals surface area (Å²) in [6, 6.07) is 13.7. The number of para-hydroxylation sites is 2. The van der Waals surface area contributed by atoms with Crippen LogP contribution in [0.15, 0.2) is 46.9 Å².